The Kier molecular flexibility index (Phi) is 13.0. The molecule has 0 aliphatic heterocycles. The van der Waals surface area contributed by atoms with Gasteiger partial charge in [-0.25, -0.2) is 0 Å². The quantitative estimate of drug-likeness (QED) is 0.302. The number of allylic oxidation sites excluding steroid dienone is 2. The second-order valence-corrected chi connectivity index (χ2v) is 6.47. The van der Waals surface area contributed by atoms with Crippen molar-refractivity contribution in [3.05, 3.63) is 12.2 Å². The van der Waals surface area contributed by atoms with Crippen molar-refractivity contribution in [1.82, 2.24) is 4.90 Å². The molecule has 0 radical (unpaired) electrons. The highest BCUT2D eigenvalue weighted by Crippen LogP contribution is 2.07. The van der Waals surface area contributed by atoms with Crippen LogP contribution in [0, 0.1) is 0 Å². The van der Waals surface area contributed by atoms with E-state index in [2.05, 4.69) is 32.9 Å². The number of unbranched alkanes of at least 4 members (excludes halogenated alkanes) is 3. The average Bonchev–Trinajstić information content (AvgIpc) is 2.57. The van der Waals surface area contributed by atoms with Gasteiger partial charge in [-0.05, 0) is 33.1 Å². The van der Waals surface area contributed by atoms with Crippen LogP contribution in [-0.2, 0) is 4.79 Å². The van der Waals surface area contributed by atoms with Crippen LogP contribution in [0.5, 0.6) is 0 Å². The van der Waals surface area contributed by atoms with Gasteiger partial charge < -0.3 is 14.5 Å². The standard InChI is InChI=1S/C19H39N2O2/c1-5-8-9-10-11-12-13-14-19(23)20(4)15-16-21(6-2,7-3)17-18-22/h10-11,22H,5-9,12-18H2,1-4H3/q+1/b11-10+. The second-order valence-electron chi connectivity index (χ2n) is 6.47. The number of carbonyl (C=O) groups is 1. The van der Waals surface area contributed by atoms with Crippen molar-refractivity contribution in [3.63, 3.8) is 0 Å². The summed E-state index contributed by atoms with van der Waals surface area (Å²) in [5.41, 5.74) is 0. The summed E-state index contributed by atoms with van der Waals surface area (Å²) in [4.78, 5) is 14.0. The van der Waals surface area contributed by atoms with E-state index in [0.717, 1.165) is 56.5 Å². The number of hydrogen-bond acceptors (Lipinski definition) is 2. The van der Waals surface area contributed by atoms with Gasteiger partial charge in [0.2, 0.25) is 5.91 Å². The molecule has 0 aromatic rings. The molecule has 4 nitrogen and oxygen atoms in total. The zero-order chi connectivity index (χ0) is 17.6. The van der Waals surface area contributed by atoms with Gasteiger partial charge in [-0.15, -0.1) is 0 Å². The highest BCUT2D eigenvalue weighted by atomic mass is 16.3. The number of hydrogen-bond donors (Lipinski definition) is 1. The lowest BCUT2D eigenvalue weighted by atomic mass is 10.2. The summed E-state index contributed by atoms with van der Waals surface area (Å²) in [5.74, 6) is 0.237. The van der Waals surface area contributed by atoms with Crippen molar-refractivity contribution in [2.45, 2.75) is 59.3 Å². The Labute approximate surface area is 143 Å². The molecule has 0 aromatic heterocycles. The molecule has 0 aliphatic rings. The first-order chi connectivity index (χ1) is 11.0. The largest absolute Gasteiger partial charge is 0.391 e. The van der Waals surface area contributed by atoms with Gasteiger partial charge in [-0.2, -0.15) is 0 Å². The maximum Gasteiger partial charge on any atom is 0.222 e. The van der Waals surface area contributed by atoms with E-state index in [9.17, 15) is 9.90 Å². The van der Waals surface area contributed by atoms with E-state index >= 15 is 0 Å². The Balaban J connectivity index is 4.03. The molecule has 0 rings (SSSR count). The minimum Gasteiger partial charge on any atom is -0.391 e. The van der Waals surface area contributed by atoms with Crippen molar-refractivity contribution in [2.24, 2.45) is 0 Å². The summed E-state index contributed by atoms with van der Waals surface area (Å²) < 4.78 is 0.883. The van der Waals surface area contributed by atoms with Gasteiger partial charge in [0.1, 0.15) is 6.54 Å². The average molecular weight is 328 g/mol. The van der Waals surface area contributed by atoms with Crippen LogP contribution in [0.25, 0.3) is 0 Å². The highest BCUT2D eigenvalue weighted by molar-refractivity contribution is 5.75. The molecule has 0 heterocycles. The van der Waals surface area contributed by atoms with E-state index < -0.39 is 0 Å². The summed E-state index contributed by atoms with van der Waals surface area (Å²) in [7, 11) is 1.90. The topological polar surface area (TPSA) is 40.5 Å². The summed E-state index contributed by atoms with van der Waals surface area (Å²) in [6, 6.07) is 0. The van der Waals surface area contributed by atoms with E-state index in [-0.39, 0.29) is 12.5 Å². The zero-order valence-corrected chi connectivity index (χ0v) is 15.9. The van der Waals surface area contributed by atoms with Crippen molar-refractivity contribution in [1.29, 1.82) is 0 Å². The number of amides is 1. The van der Waals surface area contributed by atoms with E-state index in [1.165, 1.54) is 12.8 Å². The van der Waals surface area contributed by atoms with Gasteiger partial charge in [0.15, 0.2) is 0 Å². The zero-order valence-electron chi connectivity index (χ0n) is 15.9. The van der Waals surface area contributed by atoms with Gasteiger partial charge in [0, 0.05) is 13.5 Å². The summed E-state index contributed by atoms with van der Waals surface area (Å²) in [6.45, 7) is 11.2. The van der Waals surface area contributed by atoms with Crippen LogP contribution in [0.1, 0.15) is 59.3 Å². The SMILES string of the molecule is CCCC/C=C/CCCC(=O)N(C)CC[N+](CC)(CC)CCO. The first-order valence-corrected chi connectivity index (χ1v) is 9.40. The minimum absolute atomic E-state index is 0.212. The summed E-state index contributed by atoms with van der Waals surface area (Å²) >= 11 is 0. The van der Waals surface area contributed by atoms with Crippen LogP contribution in [0.15, 0.2) is 12.2 Å². The molecule has 0 unspecified atom stereocenters. The minimum atomic E-state index is 0.212. The fourth-order valence-corrected chi connectivity index (χ4v) is 2.79. The molecule has 0 aromatic carbocycles. The fourth-order valence-electron chi connectivity index (χ4n) is 2.79. The molecule has 1 amide bonds. The van der Waals surface area contributed by atoms with Crippen LogP contribution in [0.3, 0.4) is 0 Å². The lowest BCUT2D eigenvalue weighted by molar-refractivity contribution is -0.924. The molecular formula is C19H39N2O2+. The highest BCUT2D eigenvalue weighted by Gasteiger charge is 2.23. The number of carbonyl (C=O) groups excluding carboxylic acids is 1. The fraction of sp³-hybridized carbons (Fsp3) is 0.842. The first-order valence-electron chi connectivity index (χ1n) is 9.40. The van der Waals surface area contributed by atoms with Gasteiger partial charge in [-0.1, -0.05) is 31.9 Å². The number of nitrogens with zero attached hydrogens (tertiary/aromatic N) is 2. The lowest BCUT2D eigenvalue weighted by Gasteiger charge is -2.37. The molecule has 0 atom stereocenters. The number of aliphatic hydroxyl groups is 1. The number of rotatable bonds is 14. The molecule has 0 bridgehead atoms. The Morgan fingerprint density at radius 1 is 1.04 bits per heavy atom. The lowest BCUT2D eigenvalue weighted by Crippen LogP contribution is -2.53. The van der Waals surface area contributed by atoms with Gasteiger partial charge in [0.05, 0.1) is 32.8 Å². The summed E-state index contributed by atoms with van der Waals surface area (Å²) in [5, 5.41) is 9.26. The van der Waals surface area contributed by atoms with E-state index in [4.69, 9.17) is 0 Å². The Morgan fingerprint density at radius 3 is 2.17 bits per heavy atom. The normalized spacial score (nSPS) is 12.0. The second kappa shape index (κ2) is 13.6. The van der Waals surface area contributed by atoms with Gasteiger partial charge >= 0.3 is 0 Å². The van der Waals surface area contributed by atoms with Crippen molar-refractivity contribution >= 4 is 5.91 Å². The van der Waals surface area contributed by atoms with Crippen LogP contribution >= 0.6 is 0 Å². The third-order valence-corrected chi connectivity index (χ3v) is 4.90. The van der Waals surface area contributed by atoms with Crippen molar-refractivity contribution in [2.75, 3.05) is 46.4 Å². The molecule has 1 N–H and O–H groups in total. The molecule has 23 heavy (non-hydrogen) atoms. The van der Waals surface area contributed by atoms with Crippen molar-refractivity contribution < 1.29 is 14.4 Å². The predicted molar refractivity (Wildman–Crippen MR) is 98.3 cm³/mol. The Bertz CT molecular complexity index is 325. The molecule has 0 aliphatic carbocycles. The third kappa shape index (κ3) is 9.77. The molecular weight excluding hydrogens is 288 g/mol. The van der Waals surface area contributed by atoms with Crippen molar-refractivity contribution in [3.8, 4) is 0 Å². The van der Waals surface area contributed by atoms with Crippen LogP contribution in [0.2, 0.25) is 0 Å². The van der Waals surface area contributed by atoms with Crippen LogP contribution in [0.4, 0.5) is 0 Å². The van der Waals surface area contributed by atoms with E-state index in [1.54, 1.807) is 0 Å². The van der Waals surface area contributed by atoms with E-state index in [0.29, 0.717) is 6.42 Å². The van der Waals surface area contributed by atoms with Gasteiger partial charge in [-0.3, -0.25) is 4.79 Å². The Hall–Kier alpha value is -0.870. The Morgan fingerprint density at radius 2 is 1.65 bits per heavy atom. The smallest absolute Gasteiger partial charge is 0.222 e. The number of likely N-dealkylation sites (N-methyl/N-ethyl adjacent to an activating group) is 2. The van der Waals surface area contributed by atoms with E-state index in [1.807, 2.05) is 11.9 Å². The number of aliphatic hydroxyl groups excluding tert-OH is 1. The monoisotopic (exact) mass is 327 g/mol. The summed E-state index contributed by atoms with van der Waals surface area (Å²) in [6.07, 6.45) is 10.7. The third-order valence-electron chi connectivity index (χ3n) is 4.90. The molecule has 4 heteroatoms. The molecule has 0 fully saturated rings. The van der Waals surface area contributed by atoms with Gasteiger partial charge in [0.25, 0.3) is 0 Å². The van der Waals surface area contributed by atoms with Crippen LogP contribution in [-0.4, -0.2) is 66.8 Å². The maximum atomic E-state index is 12.2. The van der Waals surface area contributed by atoms with Crippen LogP contribution < -0.4 is 0 Å². The molecule has 0 spiro atoms. The predicted octanol–water partition coefficient (Wildman–Crippen LogP) is 3.21. The molecule has 0 saturated carbocycles. The maximum absolute atomic E-state index is 12.2. The molecule has 0 saturated heterocycles. The molecule has 136 valence electrons. The number of quaternary nitrogens is 1. The first kappa shape index (κ1) is 22.1.